The Hall–Kier alpha value is -2.24. The molecule has 21 heavy (non-hydrogen) atoms. The van der Waals surface area contributed by atoms with Crippen LogP contribution in [0.3, 0.4) is 0 Å². The molecule has 0 saturated carbocycles. The maximum absolute atomic E-state index is 10.1. The molecule has 1 N–H and O–H groups in total. The Morgan fingerprint density at radius 3 is 2.67 bits per heavy atom. The van der Waals surface area contributed by atoms with Crippen molar-refractivity contribution in [1.82, 2.24) is 15.1 Å². The van der Waals surface area contributed by atoms with E-state index in [-0.39, 0.29) is 6.42 Å². The fraction of sp³-hybridized carbons (Fsp3) is 0.133. The Kier molecular flexibility index (Phi) is 3.94. The van der Waals surface area contributed by atoms with E-state index >= 15 is 0 Å². The van der Waals surface area contributed by atoms with E-state index in [0.717, 1.165) is 5.56 Å². The van der Waals surface area contributed by atoms with E-state index in [2.05, 4.69) is 15.1 Å². The zero-order chi connectivity index (χ0) is 14.7. The Morgan fingerprint density at radius 2 is 1.95 bits per heavy atom. The highest BCUT2D eigenvalue weighted by Crippen LogP contribution is 2.20. The van der Waals surface area contributed by atoms with E-state index < -0.39 is 6.10 Å². The average Bonchev–Trinajstić information content (AvgIpc) is 2.97. The van der Waals surface area contributed by atoms with E-state index in [1.807, 2.05) is 30.3 Å². The third-order valence-corrected chi connectivity index (χ3v) is 3.20. The molecule has 5 nitrogen and oxygen atoms in total. The first kappa shape index (κ1) is 13.7. The molecule has 0 spiro atoms. The molecule has 2 heterocycles. The minimum Gasteiger partial charge on any atom is -0.388 e. The van der Waals surface area contributed by atoms with Crippen LogP contribution in [0.2, 0.25) is 5.02 Å². The van der Waals surface area contributed by atoms with Crippen LogP contribution in [0.5, 0.6) is 0 Å². The summed E-state index contributed by atoms with van der Waals surface area (Å²) in [5.41, 5.74) is 1.38. The summed E-state index contributed by atoms with van der Waals surface area (Å²) in [6.07, 6.45) is 1.09. The number of nitrogens with zero attached hydrogens (tertiary/aromatic N) is 3. The molecule has 0 aliphatic rings. The SMILES string of the molecule is OC(Cc1nc(-c2ccc(Cl)cn2)no1)c1ccccc1. The Labute approximate surface area is 126 Å². The van der Waals surface area contributed by atoms with E-state index in [1.165, 1.54) is 6.20 Å². The molecule has 0 fully saturated rings. The molecular formula is C15H12ClN3O2. The molecule has 0 aliphatic carbocycles. The van der Waals surface area contributed by atoms with E-state index in [1.54, 1.807) is 12.1 Å². The monoisotopic (exact) mass is 301 g/mol. The topological polar surface area (TPSA) is 72.0 Å². The first-order valence-electron chi connectivity index (χ1n) is 6.40. The molecule has 1 unspecified atom stereocenters. The van der Waals surface area contributed by atoms with Gasteiger partial charge in [-0.05, 0) is 17.7 Å². The third-order valence-electron chi connectivity index (χ3n) is 2.98. The van der Waals surface area contributed by atoms with Crippen LogP contribution in [0.25, 0.3) is 11.5 Å². The van der Waals surface area contributed by atoms with Gasteiger partial charge in [-0.25, -0.2) is 0 Å². The number of benzene rings is 1. The summed E-state index contributed by atoms with van der Waals surface area (Å²) in [4.78, 5) is 8.35. The second kappa shape index (κ2) is 6.03. The third kappa shape index (κ3) is 3.26. The quantitative estimate of drug-likeness (QED) is 0.802. The summed E-state index contributed by atoms with van der Waals surface area (Å²) in [7, 11) is 0. The van der Waals surface area contributed by atoms with Crippen LogP contribution in [0, 0.1) is 0 Å². The fourth-order valence-electron chi connectivity index (χ4n) is 1.91. The number of aromatic nitrogens is 3. The van der Waals surface area contributed by atoms with Crippen molar-refractivity contribution in [3.63, 3.8) is 0 Å². The molecule has 2 aromatic heterocycles. The Balaban J connectivity index is 1.75. The molecule has 1 atom stereocenters. The van der Waals surface area contributed by atoms with Gasteiger partial charge in [0.05, 0.1) is 17.5 Å². The molecule has 0 amide bonds. The first-order valence-corrected chi connectivity index (χ1v) is 6.77. The zero-order valence-corrected chi connectivity index (χ0v) is 11.7. The highest BCUT2D eigenvalue weighted by molar-refractivity contribution is 6.30. The van der Waals surface area contributed by atoms with Crippen molar-refractivity contribution in [3.05, 3.63) is 65.1 Å². The fourth-order valence-corrected chi connectivity index (χ4v) is 2.02. The predicted octanol–water partition coefficient (Wildman–Crippen LogP) is 3.06. The smallest absolute Gasteiger partial charge is 0.229 e. The van der Waals surface area contributed by atoms with Gasteiger partial charge in [-0.1, -0.05) is 47.1 Å². The van der Waals surface area contributed by atoms with Gasteiger partial charge in [0.1, 0.15) is 5.69 Å². The second-order valence-corrected chi connectivity index (χ2v) is 4.94. The molecule has 0 saturated heterocycles. The van der Waals surface area contributed by atoms with E-state index in [0.29, 0.717) is 22.4 Å². The number of hydrogen-bond acceptors (Lipinski definition) is 5. The van der Waals surface area contributed by atoms with Gasteiger partial charge in [0.15, 0.2) is 0 Å². The van der Waals surface area contributed by atoms with Crippen molar-refractivity contribution < 1.29 is 9.63 Å². The lowest BCUT2D eigenvalue weighted by Crippen LogP contribution is -2.01. The minimum atomic E-state index is -0.683. The van der Waals surface area contributed by atoms with Crippen molar-refractivity contribution in [2.45, 2.75) is 12.5 Å². The van der Waals surface area contributed by atoms with Gasteiger partial charge in [-0.15, -0.1) is 0 Å². The largest absolute Gasteiger partial charge is 0.388 e. The summed E-state index contributed by atoms with van der Waals surface area (Å²) in [5, 5.41) is 14.5. The van der Waals surface area contributed by atoms with Crippen molar-refractivity contribution in [2.75, 3.05) is 0 Å². The molecule has 0 radical (unpaired) electrons. The number of aliphatic hydroxyl groups is 1. The lowest BCUT2D eigenvalue weighted by Gasteiger charge is -2.07. The summed E-state index contributed by atoms with van der Waals surface area (Å²) in [6, 6.07) is 12.8. The van der Waals surface area contributed by atoms with Crippen LogP contribution in [0.4, 0.5) is 0 Å². The van der Waals surface area contributed by atoms with Crippen molar-refractivity contribution in [2.24, 2.45) is 0 Å². The number of pyridine rings is 1. The Morgan fingerprint density at radius 1 is 1.14 bits per heavy atom. The number of halogens is 1. The molecule has 6 heteroatoms. The highest BCUT2D eigenvalue weighted by atomic mass is 35.5. The summed E-state index contributed by atoms with van der Waals surface area (Å²) < 4.78 is 5.15. The lowest BCUT2D eigenvalue weighted by molar-refractivity contribution is 0.165. The van der Waals surface area contributed by atoms with Crippen LogP contribution in [0.15, 0.2) is 53.2 Å². The van der Waals surface area contributed by atoms with Gasteiger partial charge >= 0.3 is 0 Å². The van der Waals surface area contributed by atoms with Gasteiger partial charge in [-0.3, -0.25) is 4.98 Å². The summed E-state index contributed by atoms with van der Waals surface area (Å²) >= 11 is 5.78. The maximum atomic E-state index is 10.1. The average molecular weight is 302 g/mol. The standard InChI is InChI=1S/C15H12ClN3O2/c16-11-6-7-12(17-9-11)15-18-14(21-19-15)8-13(20)10-4-2-1-3-5-10/h1-7,9,13,20H,8H2. The van der Waals surface area contributed by atoms with Crippen LogP contribution in [-0.2, 0) is 6.42 Å². The lowest BCUT2D eigenvalue weighted by atomic mass is 10.1. The van der Waals surface area contributed by atoms with Gasteiger partial charge < -0.3 is 9.63 Å². The normalized spacial score (nSPS) is 12.3. The predicted molar refractivity (Wildman–Crippen MR) is 77.6 cm³/mol. The zero-order valence-electron chi connectivity index (χ0n) is 11.0. The molecule has 3 aromatic rings. The number of hydrogen-bond donors (Lipinski definition) is 1. The van der Waals surface area contributed by atoms with E-state index in [9.17, 15) is 5.11 Å². The number of rotatable bonds is 4. The van der Waals surface area contributed by atoms with Crippen molar-refractivity contribution in [3.8, 4) is 11.5 Å². The summed E-state index contributed by atoms with van der Waals surface area (Å²) in [6.45, 7) is 0. The van der Waals surface area contributed by atoms with Crippen LogP contribution in [0.1, 0.15) is 17.6 Å². The summed E-state index contributed by atoms with van der Waals surface area (Å²) in [5.74, 6) is 0.736. The van der Waals surface area contributed by atoms with Gasteiger partial charge in [0.2, 0.25) is 11.7 Å². The van der Waals surface area contributed by atoms with Gasteiger partial charge in [0, 0.05) is 6.20 Å². The van der Waals surface area contributed by atoms with Crippen LogP contribution >= 0.6 is 11.6 Å². The number of aliphatic hydroxyl groups excluding tert-OH is 1. The van der Waals surface area contributed by atoms with Crippen molar-refractivity contribution >= 4 is 11.6 Å². The molecule has 3 rings (SSSR count). The van der Waals surface area contributed by atoms with Crippen LogP contribution in [-0.4, -0.2) is 20.2 Å². The van der Waals surface area contributed by atoms with Gasteiger partial charge in [0.25, 0.3) is 0 Å². The molecular weight excluding hydrogens is 290 g/mol. The van der Waals surface area contributed by atoms with E-state index in [4.69, 9.17) is 16.1 Å². The van der Waals surface area contributed by atoms with Crippen molar-refractivity contribution in [1.29, 1.82) is 0 Å². The maximum Gasteiger partial charge on any atom is 0.229 e. The van der Waals surface area contributed by atoms with Crippen LogP contribution < -0.4 is 0 Å². The first-order chi connectivity index (χ1) is 10.2. The van der Waals surface area contributed by atoms with Gasteiger partial charge in [-0.2, -0.15) is 4.98 Å². The molecule has 106 valence electrons. The molecule has 0 bridgehead atoms. The molecule has 0 aliphatic heterocycles. The Bertz CT molecular complexity index is 713. The highest BCUT2D eigenvalue weighted by Gasteiger charge is 2.15. The molecule has 1 aromatic carbocycles. The second-order valence-electron chi connectivity index (χ2n) is 4.50. The minimum absolute atomic E-state index is 0.255.